The molecule has 0 aliphatic carbocycles. The minimum atomic E-state index is -2.80. The van der Waals surface area contributed by atoms with Crippen molar-refractivity contribution in [3.05, 3.63) is 64.7 Å². The highest BCUT2D eigenvalue weighted by Crippen LogP contribution is 2.31. The molecule has 21 heavy (non-hydrogen) atoms. The van der Waals surface area contributed by atoms with Gasteiger partial charge in [0.25, 0.3) is 0 Å². The Hall–Kier alpha value is -1.42. The van der Waals surface area contributed by atoms with Gasteiger partial charge in [-0.05, 0) is 49.1 Å². The lowest BCUT2D eigenvalue weighted by Crippen LogP contribution is -2.03. The number of rotatable bonds is 5. The van der Waals surface area contributed by atoms with Crippen molar-refractivity contribution >= 4 is 15.9 Å². The highest BCUT2D eigenvalue weighted by molar-refractivity contribution is 9.09. The molecular formula is C17H17BrF2O. The summed E-state index contributed by atoms with van der Waals surface area (Å²) < 4.78 is 29.0. The van der Waals surface area contributed by atoms with Gasteiger partial charge in [0, 0.05) is 4.83 Å². The first-order valence-electron chi connectivity index (χ1n) is 6.70. The fraction of sp³-hybridized carbons (Fsp3) is 0.294. The predicted molar refractivity (Wildman–Crippen MR) is 84.4 cm³/mol. The van der Waals surface area contributed by atoms with Gasteiger partial charge in [-0.15, -0.1) is 0 Å². The monoisotopic (exact) mass is 354 g/mol. The van der Waals surface area contributed by atoms with Crippen LogP contribution in [-0.2, 0) is 6.42 Å². The van der Waals surface area contributed by atoms with E-state index in [2.05, 4.69) is 52.7 Å². The lowest BCUT2D eigenvalue weighted by Gasteiger charge is -2.14. The van der Waals surface area contributed by atoms with Crippen LogP contribution < -0.4 is 4.74 Å². The van der Waals surface area contributed by atoms with Crippen molar-refractivity contribution in [2.45, 2.75) is 31.7 Å². The summed E-state index contributed by atoms with van der Waals surface area (Å²) in [5, 5.41) is 0. The van der Waals surface area contributed by atoms with Crippen LogP contribution in [0.2, 0.25) is 0 Å². The molecule has 0 amide bonds. The summed E-state index contributed by atoms with van der Waals surface area (Å²) in [7, 11) is 0. The Balaban J connectivity index is 2.16. The van der Waals surface area contributed by atoms with Crippen LogP contribution in [0.3, 0.4) is 0 Å². The first kappa shape index (κ1) is 16.0. The van der Waals surface area contributed by atoms with Crippen LogP contribution in [0, 0.1) is 13.8 Å². The zero-order valence-corrected chi connectivity index (χ0v) is 13.5. The average molecular weight is 355 g/mol. The Kier molecular flexibility index (Phi) is 5.34. The number of halogens is 3. The molecule has 0 fully saturated rings. The first-order valence-corrected chi connectivity index (χ1v) is 7.62. The number of hydrogen-bond donors (Lipinski definition) is 0. The SMILES string of the molecule is Cc1ccc(C)c(CC(Br)c2cccc(OC(F)F)c2)c1. The molecular weight excluding hydrogens is 338 g/mol. The summed E-state index contributed by atoms with van der Waals surface area (Å²) in [5.74, 6) is 0.188. The Morgan fingerprint density at radius 3 is 2.57 bits per heavy atom. The van der Waals surface area contributed by atoms with Crippen molar-refractivity contribution in [2.24, 2.45) is 0 Å². The summed E-state index contributed by atoms with van der Waals surface area (Å²) in [6, 6.07) is 13.2. The third kappa shape index (κ3) is 4.53. The third-order valence-electron chi connectivity index (χ3n) is 3.35. The van der Waals surface area contributed by atoms with Gasteiger partial charge >= 0.3 is 6.61 Å². The van der Waals surface area contributed by atoms with Crippen molar-refractivity contribution in [1.82, 2.24) is 0 Å². The van der Waals surface area contributed by atoms with Gasteiger partial charge < -0.3 is 4.74 Å². The number of ether oxygens (including phenoxy) is 1. The van der Waals surface area contributed by atoms with Crippen LogP contribution in [0.1, 0.15) is 27.1 Å². The highest BCUT2D eigenvalue weighted by Gasteiger charge is 2.12. The average Bonchev–Trinajstić information content (AvgIpc) is 2.42. The van der Waals surface area contributed by atoms with E-state index in [4.69, 9.17) is 0 Å². The molecule has 0 radical (unpaired) electrons. The molecule has 0 saturated heterocycles. The number of aryl methyl sites for hydroxylation is 2. The predicted octanol–water partition coefficient (Wildman–Crippen LogP) is 5.58. The Morgan fingerprint density at radius 2 is 1.86 bits per heavy atom. The molecule has 112 valence electrons. The van der Waals surface area contributed by atoms with E-state index in [9.17, 15) is 8.78 Å². The van der Waals surface area contributed by atoms with Crippen LogP contribution in [0.15, 0.2) is 42.5 Å². The Labute approximate surface area is 132 Å². The molecule has 0 aromatic heterocycles. The van der Waals surface area contributed by atoms with Crippen molar-refractivity contribution < 1.29 is 13.5 Å². The molecule has 1 atom stereocenters. The zero-order valence-electron chi connectivity index (χ0n) is 11.9. The fourth-order valence-electron chi connectivity index (χ4n) is 2.22. The summed E-state index contributed by atoms with van der Waals surface area (Å²) in [5.41, 5.74) is 4.61. The maximum Gasteiger partial charge on any atom is 0.387 e. The second kappa shape index (κ2) is 7.03. The maximum absolute atomic E-state index is 12.3. The minimum Gasteiger partial charge on any atom is -0.435 e. The van der Waals surface area contributed by atoms with Crippen LogP contribution in [0.5, 0.6) is 5.75 Å². The molecule has 0 N–H and O–H groups in total. The van der Waals surface area contributed by atoms with E-state index < -0.39 is 6.61 Å². The van der Waals surface area contributed by atoms with E-state index in [1.54, 1.807) is 12.1 Å². The van der Waals surface area contributed by atoms with Gasteiger partial charge in [-0.3, -0.25) is 0 Å². The summed E-state index contributed by atoms with van der Waals surface area (Å²) in [4.78, 5) is 0.0548. The molecule has 0 saturated carbocycles. The van der Waals surface area contributed by atoms with Crippen LogP contribution >= 0.6 is 15.9 Å². The molecule has 2 rings (SSSR count). The molecule has 1 nitrogen and oxygen atoms in total. The van der Waals surface area contributed by atoms with Crippen LogP contribution in [0.25, 0.3) is 0 Å². The van der Waals surface area contributed by atoms with Gasteiger partial charge in [-0.2, -0.15) is 8.78 Å². The quantitative estimate of drug-likeness (QED) is 0.636. The topological polar surface area (TPSA) is 9.23 Å². The van der Waals surface area contributed by atoms with Crippen molar-refractivity contribution in [2.75, 3.05) is 0 Å². The Morgan fingerprint density at radius 1 is 1.10 bits per heavy atom. The molecule has 2 aromatic carbocycles. The summed E-state index contributed by atoms with van der Waals surface area (Å²) >= 11 is 3.64. The van der Waals surface area contributed by atoms with E-state index in [1.165, 1.54) is 22.8 Å². The van der Waals surface area contributed by atoms with E-state index in [1.807, 2.05) is 6.07 Å². The molecule has 1 unspecified atom stereocenters. The van der Waals surface area contributed by atoms with Crippen LogP contribution in [0.4, 0.5) is 8.78 Å². The standard InChI is InChI=1S/C17H17BrF2O/c1-11-6-7-12(2)14(8-11)10-16(18)13-4-3-5-15(9-13)21-17(19)20/h3-9,16-17H,10H2,1-2H3. The number of benzene rings is 2. The van der Waals surface area contributed by atoms with Gasteiger partial charge in [0.15, 0.2) is 0 Å². The third-order valence-corrected chi connectivity index (χ3v) is 4.20. The zero-order chi connectivity index (χ0) is 15.4. The minimum absolute atomic E-state index is 0.0548. The maximum atomic E-state index is 12.3. The lowest BCUT2D eigenvalue weighted by molar-refractivity contribution is -0.0498. The lowest BCUT2D eigenvalue weighted by atomic mass is 9.98. The van der Waals surface area contributed by atoms with Crippen molar-refractivity contribution in [3.8, 4) is 5.75 Å². The van der Waals surface area contributed by atoms with Gasteiger partial charge in [0.05, 0.1) is 0 Å². The molecule has 0 heterocycles. The molecule has 2 aromatic rings. The normalized spacial score (nSPS) is 12.5. The second-order valence-electron chi connectivity index (χ2n) is 5.05. The highest BCUT2D eigenvalue weighted by atomic mass is 79.9. The fourth-order valence-corrected chi connectivity index (χ4v) is 2.85. The first-order chi connectivity index (χ1) is 9.95. The van der Waals surface area contributed by atoms with Crippen molar-refractivity contribution in [3.63, 3.8) is 0 Å². The largest absolute Gasteiger partial charge is 0.435 e. The number of alkyl halides is 3. The second-order valence-corrected chi connectivity index (χ2v) is 6.16. The molecule has 0 bridgehead atoms. The van der Waals surface area contributed by atoms with E-state index in [0.717, 1.165) is 12.0 Å². The molecule has 0 aliphatic rings. The van der Waals surface area contributed by atoms with E-state index in [-0.39, 0.29) is 10.6 Å². The van der Waals surface area contributed by atoms with E-state index in [0.29, 0.717) is 0 Å². The summed E-state index contributed by atoms with van der Waals surface area (Å²) in [6.45, 7) is 1.33. The molecule has 4 heteroatoms. The molecule has 0 spiro atoms. The van der Waals surface area contributed by atoms with Crippen LogP contribution in [-0.4, -0.2) is 6.61 Å². The number of hydrogen-bond acceptors (Lipinski definition) is 1. The smallest absolute Gasteiger partial charge is 0.387 e. The Bertz CT molecular complexity index is 613. The van der Waals surface area contributed by atoms with Gasteiger partial charge in [-0.1, -0.05) is 51.8 Å². The van der Waals surface area contributed by atoms with E-state index >= 15 is 0 Å². The van der Waals surface area contributed by atoms with Crippen molar-refractivity contribution in [1.29, 1.82) is 0 Å². The summed E-state index contributed by atoms with van der Waals surface area (Å²) in [6.07, 6.45) is 0.797. The molecule has 0 aliphatic heterocycles. The van der Waals surface area contributed by atoms with Gasteiger partial charge in [0.1, 0.15) is 5.75 Å². The van der Waals surface area contributed by atoms with Gasteiger partial charge in [0.2, 0.25) is 0 Å². The van der Waals surface area contributed by atoms with Gasteiger partial charge in [-0.25, -0.2) is 0 Å².